The number of hydrogen-bond acceptors (Lipinski definition) is 4. The average molecular weight is 347 g/mol. The number of carbonyl (C=O) groups is 1. The predicted molar refractivity (Wildman–Crippen MR) is 98.0 cm³/mol. The van der Waals surface area contributed by atoms with Gasteiger partial charge in [0.05, 0.1) is 17.0 Å². The molecule has 0 atom stereocenters. The van der Waals surface area contributed by atoms with Gasteiger partial charge in [-0.05, 0) is 65.6 Å². The van der Waals surface area contributed by atoms with Crippen LogP contribution in [0.3, 0.4) is 0 Å². The summed E-state index contributed by atoms with van der Waals surface area (Å²) in [5, 5.41) is 11.4. The number of nitrogens with zero attached hydrogens (tertiary/aromatic N) is 1. The predicted octanol–water partition coefficient (Wildman–Crippen LogP) is 1.97. The lowest BCUT2D eigenvalue weighted by molar-refractivity contribution is -0.255. The first-order chi connectivity index (χ1) is 12.5. The third-order valence-corrected chi connectivity index (χ3v) is 5.15. The second-order valence-corrected chi connectivity index (χ2v) is 6.85. The van der Waals surface area contributed by atoms with Crippen LogP contribution in [-0.2, 0) is 6.54 Å². The molecule has 0 bridgehead atoms. The highest BCUT2D eigenvalue weighted by Gasteiger charge is 2.28. The monoisotopic (exact) mass is 347 g/mol. The van der Waals surface area contributed by atoms with Crippen molar-refractivity contribution in [2.75, 3.05) is 0 Å². The van der Waals surface area contributed by atoms with Crippen LogP contribution in [0.5, 0.6) is 0 Å². The van der Waals surface area contributed by atoms with E-state index in [2.05, 4.69) is 0 Å². The molecule has 0 radical (unpaired) electrons. The highest BCUT2D eigenvalue weighted by atomic mass is 16.4. The minimum absolute atomic E-state index is 0.274. The number of carboxylic acids is 1. The molecule has 2 aromatic heterocycles. The summed E-state index contributed by atoms with van der Waals surface area (Å²) in [5.41, 5.74) is 10.7. The van der Waals surface area contributed by atoms with Crippen molar-refractivity contribution in [2.45, 2.75) is 32.2 Å². The molecule has 1 aromatic carbocycles. The first-order valence-electron chi connectivity index (χ1n) is 8.71. The van der Waals surface area contributed by atoms with E-state index in [0.29, 0.717) is 12.5 Å². The number of aromatic carboxylic acids is 1. The van der Waals surface area contributed by atoms with Gasteiger partial charge in [0.2, 0.25) is 0 Å². The zero-order chi connectivity index (χ0) is 18.4. The molecule has 5 heteroatoms. The van der Waals surface area contributed by atoms with E-state index in [4.69, 9.17) is 5.73 Å². The van der Waals surface area contributed by atoms with Crippen molar-refractivity contribution in [1.29, 1.82) is 0 Å². The van der Waals surface area contributed by atoms with E-state index in [1.807, 2.05) is 37.3 Å². The number of aryl methyl sites for hydroxylation is 1. The summed E-state index contributed by atoms with van der Waals surface area (Å²) >= 11 is 0. The van der Waals surface area contributed by atoms with Crippen LogP contribution >= 0.6 is 0 Å². The van der Waals surface area contributed by atoms with Crippen LogP contribution in [0.1, 0.15) is 45.8 Å². The van der Waals surface area contributed by atoms with Crippen molar-refractivity contribution in [3.8, 4) is 11.1 Å². The molecule has 4 rings (SSSR count). The lowest BCUT2D eigenvalue weighted by Gasteiger charge is -2.16. The molecule has 132 valence electrons. The molecule has 0 amide bonds. The number of carboxylic acid groups (broad SMARTS) is 1. The maximum atomic E-state index is 12.6. The molecule has 0 aliphatic heterocycles. The van der Waals surface area contributed by atoms with E-state index < -0.39 is 11.5 Å². The van der Waals surface area contributed by atoms with E-state index in [1.54, 1.807) is 6.20 Å². The van der Waals surface area contributed by atoms with Gasteiger partial charge >= 0.3 is 0 Å². The topological polar surface area (TPSA) is 87.6 Å². The fraction of sp³-hybridized carbons (Fsp3) is 0.238. The molecule has 1 fully saturated rings. The number of carbonyl (C=O) groups excluding carboxylic acids is 1. The summed E-state index contributed by atoms with van der Waals surface area (Å²) < 4.78 is 1.45. The largest absolute Gasteiger partial charge is 0.545 e. The second kappa shape index (κ2) is 6.11. The Labute approximate surface area is 150 Å². The van der Waals surface area contributed by atoms with Crippen LogP contribution in [0, 0.1) is 6.92 Å². The quantitative estimate of drug-likeness (QED) is 0.782. The summed E-state index contributed by atoms with van der Waals surface area (Å²) in [5.74, 6) is -1.12. The molecule has 3 aromatic rings. The average Bonchev–Trinajstić information content (AvgIpc) is 3.47. The van der Waals surface area contributed by atoms with Crippen molar-refractivity contribution in [2.24, 2.45) is 5.73 Å². The number of pyridine rings is 2. The maximum absolute atomic E-state index is 12.6. The fourth-order valence-electron chi connectivity index (χ4n) is 3.58. The molecular formula is C21H19N2O3-. The Kier molecular flexibility index (Phi) is 3.89. The lowest BCUT2D eigenvalue weighted by Crippen LogP contribution is -2.32. The van der Waals surface area contributed by atoms with Gasteiger partial charge in [-0.3, -0.25) is 9.20 Å². The molecule has 0 unspecified atom stereocenters. The maximum Gasteiger partial charge on any atom is 0.264 e. The zero-order valence-electron chi connectivity index (χ0n) is 14.5. The van der Waals surface area contributed by atoms with E-state index >= 15 is 0 Å². The Balaban J connectivity index is 1.99. The summed E-state index contributed by atoms with van der Waals surface area (Å²) in [4.78, 5) is 23.9. The van der Waals surface area contributed by atoms with Crippen molar-refractivity contribution < 1.29 is 9.90 Å². The zero-order valence-corrected chi connectivity index (χ0v) is 14.5. The Morgan fingerprint density at radius 1 is 1.23 bits per heavy atom. The third kappa shape index (κ3) is 2.61. The summed E-state index contributed by atoms with van der Waals surface area (Å²) in [6.45, 7) is 2.47. The number of hydrogen-bond donors (Lipinski definition) is 1. The van der Waals surface area contributed by atoms with Crippen LogP contribution in [0.15, 0.2) is 47.4 Å². The van der Waals surface area contributed by atoms with Crippen molar-refractivity contribution in [3.05, 3.63) is 75.2 Å². The number of fused-ring (bicyclic) bond motifs is 1. The van der Waals surface area contributed by atoms with Crippen LogP contribution < -0.4 is 16.4 Å². The SMILES string of the molecule is Cc1c(-c2ccc(CN)cc2)ccn2c(=O)c(C(=O)[O-])cc(C3CC3)c12. The second-order valence-electron chi connectivity index (χ2n) is 6.85. The minimum atomic E-state index is -1.43. The first kappa shape index (κ1) is 16.5. The van der Waals surface area contributed by atoms with Gasteiger partial charge in [0, 0.05) is 12.7 Å². The van der Waals surface area contributed by atoms with Crippen molar-refractivity contribution >= 4 is 11.5 Å². The molecule has 0 spiro atoms. The molecule has 2 N–H and O–H groups in total. The van der Waals surface area contributed by atoms with Gasteiger partial charge in [-0.15, -0.1) is 0 Å². The van der Waals surface area contributed by atoms with Gasteiger partial charge in [0.1, 0.15) is 0 Å². The fourth-order valence-corrected chi connectivity index (χ4v) is 3.58. The Morgan fingerprint density at radius 2 is 1.92 bits per heavy atom. The van der Waals surface area contributed by atoms with Gasteiger partial charge in [-0.2, -0.15) is 0 Å². The summed E-state index contributed by atoms with van der Waals surface area (Å²) in [6, 6.07) is 11.4. The van der Waals surface area contributed by atoms with E-state index in [1.165, 1.54) is 10.5 Å². The van der Waals surface area contributed by atoms with Gasteiger partial charge < -0.3 is 15.6 Å². The molecule has 1 aliphatic rings. The summed E-state index contributed by atoms with van der Waals surface area (Å²) in [6.07, 6.45) is 3.68. The molecular weight excluding hydrogens is 328 g/mol. The van der Waals surface area contributed by atoms with Crippen LogP contribution in [0.25, 0.3) is 16.6 Å². The Morgan fingerprint density at radius 3 is 2.50 bits per heavy atom. The number of rotatable bonds is 4. The first-order valence-corrected chi connectivity index (χ1v) is 8.71. The molecule has 1 aliphatic carbocycles. The molecule has 0 saturated heterocycles. The van der Waals surface area contributed by atoms with Crippen LogP contribution in [0.2, 0.25) is 0 Å². The van der Waals surface area contributed by atoms with Crippen LogP contribution in [0.4, 0.5) is 0 Å². The van der Waals surface area contributed by atoms with Crippen molar-refractivity contribution in [1.82, 2.24) is 4.40 Å². The number of benzene rings is 1. The Hall–Kier alpha value is -2.92. The highest BCUT2D eigenvalue weighted by Crippen LogP contribution is 2.43. The summed E-state index contributed by atoms with van der Waals surface area (Å²) in [7, 11) is 0. The molecule has 1 saturated carbocycles. The van der Waals surface area contributed by atoms with E-state index in [9.17, 15) is 14.7 Å². The standard InChI is InChI=1S/C21H20N2O3/c1-12-16(14-4-2-13(11-22)3-5-14)8-9-23-19(12)17(15-6-7-15)10-18(20(23)24)21(25)26/h2-5,8-10,15H,6-7,11,22H2,1H3,(H,25,26)/p-1. The van der Waals surface area contributed by atoms with E-state index in [-0.39, 0.29) is 5.56 Å². The van der Waals surface area contributed by atoms with Gasteiger partial charge in [-0.25, -0.2) is 0 Å². The molecule has 26 heavy (non-hydrogen) atoms. The lowest BCUT2D eigenvalue weighted by atomic mass is 9.96. The highest BCUT2D eigenvalue weighted by molar-refractivity contribution is 5.88. The van der Waals surface area contributed by atoms with E-state index in [0.717, 1.165) is 46.2 Å². The number of aromatic nitrogens is 1. The van der Waals surface area contributed by atoms with Gasteiger partial charge in [0.15, 0.2) is 0 Å². The Bertz CT molecular complexity index is 1080. The number of nitrogens with two attached hydrogens (primary N) is 1. The molecule has 2 heterocycles. The van der Waals surface area contributed by atoms with Gasteiger partial charge in [0.25, 0.3) is 5.56 Å². The smallest absolute Gasteiger partial charge is 0.264 e. The van der Waals surface area contributed by atoms with Crippen molar-refractivity contribution in [3.63, 3.8) is 0 Å². The van der Waals surface area contributed by atoms with Crippen LogP contribution in [-0.4, -0.2) is 10.4 Å². The minimum Gasteiger partial charge on any atom is -0.545 e. The molecule has 5 nitrogen and oxygen atoms in total. The third-order valence-electron chi connectivity index (χ3n) is 5.15. The van der Waals surface area contributed by atoms with Gasteiger partial charge in [-0.1, -0.05) is 24.3 Å². The normalized spacial score (nSPS) is 13.9.